The van der Waals surface area contributed by atoms with Crippen molar-refractivity contribution in [1.29, 1.82) is 0 Å². The van der Waals surface area contributed by atoms with Gasteiger partial charge in [0.2, 0.25) is 0 Å². The Morgan fingerprint density at radius 1 is 0.321 bits per heavy atom. The lowest BCUT2D eigenvalue weighted by atomic mass is 10.00. The summed E-state index contributed by atoms with van der Waals surface area (Å²) in [5.41, 5.74) is 12.0. The number of nitrogens with zero attached hydrogens (tertiary/aromatic N) is 1. The number of para-hydroxylation sites is 5. The normalized spacial score (nSPS) is 12.5. The molecular formula is C48H25NO4. The molecule has 5 aromatic heterocycles. The van der Waals surface area contributed by atoms with Crippen molar-refractivity contribution >= 4 is 110 Å². The van der Waals surface area contributed by atoms with Gasteiger partial charge in [0.15, 0.2) is 5.58 Å². The molecule has 0 fully saturated rings. The van der Waals surface area contributed by atoms with E-state index in [0.717, 1.165) is 116 Å². The van der Waals surface area contributed by atoms with Crippen LogP contribution >= 0.6 is 0 Å². The number of rotatable bonds is 2. The highest BCUT2D eigenvalue weighted by Crippen LogP contribution is 2.45. The molecule has 0 atom stereocenters. The van der Waals surface area contributed by atoms with E-state index in [-0.39, 0.29) is 0 Å². The first-order valence-corrected chi connectivity index (χ1v) is 17.8. The zero-order valence-corrected chi connectivity index (χ0v) is 28.0. The predicted octanol–water partition coefficient (Wildman–Crippen LogP) is 14.0. The predicted molar refractivity (Wildman–Crippen MR) is 215 cm³/mol. The monoisotopic (exact) mass is 679 g/mol. The molecule has 0 aliphatic rings. The summed E-state index contributed by atoms with van der Waals surface area (Å²) in [6.45, 7) is 0. The Balaban J connectivity index is 1.05. The average molecular weight is 680 g/mol. The van der Waals surface area contributed by atoms with Gasteiger partial charge < -0.3 is 22.2 Å². The Morgan fingerprint density at radius 3 is 1.85 bits per heavy atom. The third-order valence-electron chi connectivity index (χ3n) is 11.2. The topological polar surface area (TPSA) is 57.5 Å². The lowest BCUT2D eigenvalue weighted by Gasteiger charge is -2.08. The van der Waals surface area contributed by atoms with E-state index in [0.29, 0.717) is 0 Å². The molecule has 0 aliphatic carbocycles. The van der Waals surface area contributed by atoms with Crippen LogP contribution < -0.4 is 0 Å². The molecule has 8 aromatic carbocycles. The second kappa shape index (κ2) is 9.75. The maximum atomic E-state index is 6.84. The number of benzene rings is 8. The Hall–Kier alpha value is -7.24. The Morgan fingerprint density at radius 2 is 0.962 bits per heavy atom. The van der Waals surface area contributed by atoms with Crippen LogP contribution in [0.4, 0.5) is 0 Å². The number of furan rings is 4. The summed E-state index contributed by atoms with van der Waals surface area (Å²) in [4.78, 5) is 0. The number of fused-ring (bicyclic) bond motifs is 16. The molecule has 246 valence electrons. The lowest BCUT2D eigenvalue weighted by molar-refractivity contribution is 0.661. The van der Waals surface area contributed by atoms with Gasteiger partial charge in [-0.2, -0.15) is 0 Å². The van der Waals surface area contributed by atoms with E-state index < -0.39 is 0 Å². The maximum Gasteiger partial charge on any atom is 0.159 e. The van der Waals surface area contributed by atoms with Crippen LogP contribution in [0.5, 0.6) is 0 Å². The molecule has 0 unspecified atom stereocenters. The van der Waals surface area contributed by atoms with E-state index in [9.17, 15) is 0 Å². The van der Waals surface area contributed by atoms with Gasteiger partial charge in [-0.25, -0.2) is 0 Å². The lowest BCUT2D eigenvalue weighted by Crippen LogP contribution is -1.94. The van der Waals surface area contributed by atoms with E-state index >= 15 is 0 Å². The van der Waals surface area contributed by atoms with Crippen LogP contribution in [-0.4, -0.2) is 4.57 Å². The first-order chi connectivity index (χ1) is 26.3. The first kappa shape index (κ1) is 27.5. The molecule has 0 saturated carbocycles. The van der Waals surface area contributed by atoms with Crippen LogP contribution in [0.2, 0.25) is 0 Å². The van der Waals surface area contributed by atoms with Crippen LogP contribution in [0.25, 0.3) is 126 Å². The van der Waals surface area contributed by atoms with Gasteiger partial charge in [-0.05, 0) is 60.2 Å². The summed E-state index contributed by atoms with van der Waals surface area (Å²) < 4.78 is 28.5. The molecule has 5 heterocycles. The smallest absolute Gasteiger partial charge is 0.159 e. The quantitative estimate of drug-likeness (QED) is 0.182. The standard InChI is InChI=1S/C48H25NO4/c1-4-15-36-28(9-1)34-24-35-30-11-3-5-17-39(30)50-44(35)25-38(34)49(36)37-16-8-14-33-46-42(53-48(33)37)22-21-41-45(46)32-20-19-26(23-43(32)51-41)27-12-7-13-31-29-10-2-6-18-40(29)52-47(27)31/h1-25H. The van der Waals surface area contributed by atoms with Crippen LogP contribution in [0, 0.1) is 0 Å². The first-order valence-electron chi connectivity index (χ1n) is 17.8. The van der Waals surface area contributed by atoms with E-state index in [1.54, 1.807) is 0 Å². The van der Waals surface area contributed by atoms with E-state index in [1.807, 2.05) is 36.4 Å². The molecule has 0 saturated heterocycles. The molecule has 5 heteroatoms. The fraction of sp³-hybridized carbons (Fsp3) is 0. The number of hydrogen-bond acceptors (Lipinski definition) is 4. The Labute approximate surface area is 299 Å². The highest BCUT2D eigenvalue weighted by molar-refractivity contribution is 6.27. The Bertz CT molecular complexity index is 3700. The van der Waals surface area contributed by atoms with Crippen LogP contribution in [0.15, 0.2) is 169 Å². The third kappa shape index (κ3) is 3.55. The van der Waals surface area contributed by atoms with Gasteiger partial charge in [-0.3, -0.25) is 0 Å². The maximum absolute atomic E-state index is 6.84. The molecule has 53 heavy (non-hydrogen) atoms. The number of aromatic nitrogens is 1. The Kier molecular flexibility index (Phi) is 5.06. The van der Waals surface area contributed by atoms with Crippen molar-refractivity contribution in [3.63, 3.8) is 0 Å². The molecule has 0 spiro atoms. The number of hydrogen-bond donors (Lipinski definition) is 0. The van der Waals surface area contributed by atoms with Gasteiger partial charge >= 0.3 is 0 Å². The summed E-state index contributed by atoms with van der Waals surface area (Å²) >= 11 is 0. The summed E-state index contributed by atoms with van der Waals surface area (Å²) in [7, 11) is 0. The van der Waals surface area contributed by atoms with E-state index in [2.05, 4.69) is 120 Å². The molecule has 0 bridgehead atoms. The van der Waals surface area contributed by atoms with Crippen molar-refractivity contribution < 1.29 is 17.7 Å². The van der Waals surface area contributed by atoms with Crippen molar-refractivity contribution in [2.45, 2.75) is 0 Å². The minimum Gasteiger partial charge on any atom is -0.456 e. The van der Waals surface area contributed by atoms with Gasteiger partial charge in [-0.15, -0.1) is 0 Å². The average Bonchev–Trinajstić information content (AvgIpc) is 4.01. The summed E-state index contributed by atoms with van der Waals surface area (Å²) in [6, 6.07) is 52.8. The molecule has 13 rings (SSSR count). The van der Waals surface area contributed by atoms with Crippen molar-refractivity contribution in [3.05, 3.63) is 152 Å². The highest BCUT2D eigenvalue weighted by Gasteiger charge is 2.22. The van der Waals surface area contributed by atoms with Crippen LogP contribution in [0.3, 0.4) is 0 Å². The summed E-state index contributed by atoms with van der Waals surface area (Å²) in [6.07, 6.45) is 0. The van der Waals surface area contributed by atoms with Gasteiger partial charge in [0, 0.05) is 65.5 Å². The van der Waals surface area contributed by atoms with E-state index in [1.165, 1.54) is 10.8 Å². The molecule has 0 N–H and O–H groups in total. The van der Waals surface area contributed by atoms with Crippen LogP contribution in [-0.2, 0) is 0 Å². The SMILES string of the molecule is c1ccc2c(c1)oc1cc3c(cc12)c1ccccc1n3-c1cccc2c1oc1ccc3oc4cc(-c5cccc6c5oc5ccccc56)ccc4c3c12. The molecule has 0 amide bonds. The molecular weight excluding hydrogens is 655 g/mol. The van der Waals surface area contributed by atoms with Crippen LogP contribution in [0.1, 0.15) is 0 Å². The largest absolute Gasteiger partial charge is 0.456 e. The van der Waals surface area contributed by atoms with Gasteiger partial charge in [-0.1, -0.05) is 91.0 Å². The van der Waals surface area contributed by atoms with Crippen molar-refractivity contribution in [2.24, 2.45) is 0 Å². The summed E-state index contributed by atoms with van der Waals surface area (Å²) in [5.74, 6) is 0. The van der Waals surface area contributed by atoms with E-state index in [4.69, 9.17) is 17.7 Å². The second-order valence-electron chi connectivity index (χ2n) is 14.0. The molecule has 0 aliphatic heterocycles. The van der Waals surface area contributed by atoms with Gasteiger partial charge in [0.05, 0.1) is 16.7 Å². The molecule has 13 aromatic rings. The highest BCUT2D eigenvalue weighted by atomic mass is 16.3. The van der Waals surface area contributed by atoms with Gasteiger partial charge in [0.25, 0.3) is 0 Å². The van der Waals surface area contributed by atoms with Crippen molar-refractivity contribution in [1.82, 2.24) is 4.57 Å². The molecule has 0 radical (unpaired) electrons. The van der Waals surface area contributed by atoms with Gasteiger partial charge in [0.1, 0.15) is 39.1 Å². The van der Waals surface area contributed by atoms with Crippen molar-refractivity contribution in [2.75, 3.05) is 0 Å². The fourth-order valence-corrected chi connectivity index (χ4v) is 8.91. The minimum atomic E-state index is 0.819. The minimum absolute atomic E-state index is 0.819. The summed E-state index contributed by atoms with van der Waals surface area (Å²) in [5, 5.41) is 11.0. The third-order valence-corrected chi connectivity index (χ3v) is 11.2. The second-order valence-corrected chi connectivity index (χ2v) is 14.0. The zero-order valence-electron chi connectivity index (χ0n) is 28.0. The molecule has 5 nitrogen and oxygen atoms in total. The fourth-order valence-electron chi connectivity index (χ4n) is 8.91. The van der Waals surface area contributed by atoms with Crippen molar-refractivity contribution in [3.8, 4) is 16.8 Å². The zero-order chi connectivity index (χ0) is 34.4.